The summed E-state index contributed by atoms with van der Waals surface area (Å²) in [5, 5.41) is 5.55. The zero-order valence-electron chi connectivity index (χ0n) is 7.38. The van der Waals surface area contributed by atoms with E-state index in [1.165, 1.54) is 23.7 Å². The highest BCUT2D eigenvalue weighted by molar-refractivity contribution is 7.03. The molecule has 0 N–H and O–H groups in total. The van der Waals surface area contributed by atoms with E-state index in [4.69, 9.17) is 0 Å². The van der Waals surface area contributed by atoms with Gasteiger partial charge in [0.2, 0.25) is 0 Å². The Hall–Kier alpha value is -1.56. The summed E-state index contributed by atoms with van der Waals surface area (Å²) < 4.78 is 3.69. The molecule has 0 saturated carbocycles. The van der Waals surface area contributed by atoms with Gasteiger partial charge >= 0.3 is 0 Å². The molecule has 0 fully saturated rings. The number of carbonyl (C=O) groups excluding carboxylic acids is 2. The van der Waals surface area contributed by atoms with Gasteiger partial charge in [0.25, 0.3) is 11.8 Å². The number of nitrogens with zero attached hydrogens (tertiary/aromatic N) is 3. The quantitative estimate of drug-likeness (QED) is 0.666. The van der Waals surface area contributed by atoms with E-state index in [1.807, 2.05) is 0 Å². The lowest BCUT2D eigenvalue weighted by atomic mass is 10.2. The van der Waals surface area contributed by atoms with Crippen molar-refractivity contribution in [2.45, 2.75) is 13.0 Å². The van der Waals surface area contributed by atoms with Gasteiger partial charge in [0, 0.05) is 17.5 Å². The van der Waals surface area contributed by atoms with Crippen molar-refractivity contribution in [3.05, 3.63) is 23.2 Å². The predicted octanol–water partition coefficient (Wildman–Crippen LogP) is 0.524. The highest BCUT2D eigenvalue weighted by Gasteiger charge is 2.30. The molecule has 1 aromatic rings. The Morgan fingerprint density at radius 1 is 1.36 bits per heavy atom. The summed E-state index contributed by atoms with van der Waals surface area (Å²) in [6.45, 7) is 1.75. The molecule has 0 saturated heterocycles. The zero-order valence-corrected chi connectivity index (χ0v) is 8.19. The number of hydrogen-bond acceptors (Lipinski definition) is 5. The molecule has 1 aromatic heterocycles. The van der Waals surface area contributed by atoms with E-state index >= 15 is 0 Å². The van der Waals surface area contributed by atoms with Crippen LogP contribution >= 0.6 is 11.5 Å². The summed E-state index contributed by atoms with van der Waals surface area (Å²) >= 11 is 1.20. The standard InChI is InChI=1S/C8H7N3O2S/c1-5(6-4-14-10-9-6)11-7(12)2-3-8(11)13/h2-5H,1H3. The molecule has 14 heavy (non-hydrogen) atoms. The molecule has 6 heteroatoms. The molecule has 2 rings (SSSR count). The van der Waals surface area contributed by atoms with E-state index in [2.05, 4.69) is 9.59 Å². The third-order valence-corrected chi connectivity index (χ3v) is 2.56. The molecule has 0 radical (unpaired) electrons. The van der Waals surface area contributed by atoms with Gasteiger partial charge in [-0.1, -0.05) is 4.49 Å². The fraction of sp³-hybridized carbons (Fsp3) is 0.250. The summed E-state index contributed by atoms with van der Waals surface area (Å²) in [7, 11) is 0. The minimum Gasteiger partial charge on any atom is -0.269 e. The van der Waals surface area contributed by atoms with Crippen molar-refractivity contribution in [3.8, 4) is 0 Å². The van der Waals surface area contributed by atoms with E-state index in [0.717, 1.165) is 4.90 Å². The molecule has 1 unspecified atom stereocenters. The highest BCUT2D eigenvalue weighted by atomic mass is 32.1. The second kappa shape index (κ2) is 3.30. The average molecular weight is 209 g/mol. The van der Waals surface area contributed by atoms with E-state index in [9.17, 15) is 9.59 Å². The van der Waals surface area contributed by atoms with Crippen LogP contribution in [0.25, 0.3) is 0 Å². The monoisotopic (exact) mass is 209 g/mol. The topological polar surface area (TPSA) is 63.2 Å². The van der Waals surface area contributed by atoms with Crippen LogP contribution in [0, 0.1) is 0 Å². The summed E-state index contributed by atoms with van der Waals surface area (Å²) in [5.41, 5.74) is 0.639. The number of carbonyl (C=O) groups is 2. The fourth-order valence-electron chi connectivity index (χ4n) is 1.28. The van der Waals surface area contributed by atoms with Crippen molar-refractivity contribution >= 4 is 23.3 Å². The van der Waals surface area contributed by atoms with Crippen LogP contribution in [0.2, 0.25) is 0 Å². The van der Waals surface area contributed by atoms with Crippen molar-refractivity contribution < 1.29 is 9.59 Å². The molecular weight excluding hydrogens is 202 g/mol. The molecule has 2 amide bonds. The third-order valence-electron chi connectivity index (χ3n) is 2.04. The zero-order chi connectivity index (χ0) is 10.1. The number of hydrogen-bond donors (Lipinski definition) is 0. The van der Waals surface area contributed by atoms with Crippen molar-refractivity contribution in [1.82, 2.24) is 14.5 Å². The highest BCUT2D eigenvalue weighted by Crippen LogP contribution is 2.22. The molecule has 1 aliphatic rings. The number of imide groups is 1. The molecule has 2 heterocycles. The molecule has 72 valence electrons. The predicted molar refractivity (Wildman–Crippen MR) is 49.3 cm³/mol. The van der Waals surface area contributed by atoms with Crippen molar-refractivity contribution in [3.63, 3.8) is 0 Å². The van der Waals surface area contributed by atoms with Crippen LogP contribution < -0.4 is 0 Å². The maximum atomic E-state index is 11.3. The average Bonchev–Trinajstić information content (AvgIpc) is 2.75. The van der Waals surface area contributed by atoms with Crippen molar-refractivity contribution in [2.75, 3.05) is 0 Å². The van der Waals surface area contributed by atoms with Gasteiger partial charge < -0.3 is 0 Å². The van der Waals surface area contributed by atoms with Gasteiger partial charge in [-0.15, -0.1) is 5.10 Å². The second-order valence-corrected chi connectivity index (χ2v) is 3.50. The second-order valence-electron chi connectivity index (χ2n) is 2.89. The van der Waals surface area contributed by atoms with Crippen molar-refractivity contribution in [2.24, 2.45) is 0 Å². The van der Waals surface area contributed by atoms with Gasteiger partial charge in [-0.2, -0.15) is 0 Å². The minimum atomic E-state index is -0.344. The molecule has 1 atom stereocenters. The minimum absolute atomic E-state index is 0.296. The van der Waals surface area contributed by atoms with Gasteiger partial charge in [-0.05, 0) is 18.5 Å². The summed E-state index contributed by atoms with van der Waals surface area (Å²) in [6.07, 6.45) is 2.53. The first-order chi connectivity index (χ1) is 6.70. The van der Waals surface area contributed by atoms with E-state index in [-0.39, 0.29) is 17.9 Å². The molecule has 0 aliphatic carbocycles. The lowest BCUT2D eigenvalue weighted by molar-refractivity contribution is -0.139. The van der Waals surface area contributed by atoms with E-state index in [1.54, 1.807) is 12.3 Å². The molecular formula is C8H7N3O2S. The van der Waals surface area contributed by atoms with Crippen LogP contribution in [0.5, 0.6) is 0 Å². The lowest BCUT2D eigenvalue weighted by Gasteiger charge is -2.19. The maximum absolute atomic E-state index is 11.3. The van der Waals surface area contributed by atoms with Gasteiger partial charge in [-0.3, -0.25) is 14.5 Å². The van der Waals surface area contributed by atoms with E-state index < -0.39 is 0 Å². The summed E-state index contributed by atoms with van der Waals surface area (Å²) in [5.74, 6) is -0.592. The summed E-state index contributed by atoms with van der Waals surface area (Å²) in [6, 6.07) is -0.344. The number of aromatic nitrogens is 2. The SMILES string of the molecule is CC(c1csnn1)N1C(=O)C=CC1=O. The Bertz CT molecular complexity index is 381. The first kappa shape index (κ1) is 9.01. The Morgan fingerprint density at radius 2 is 2.00 bits per heavy atom. The first-order valence-corrected chi connectivity index (χ1v) is 4.86. The summed E-state index contributed by atoms with van der Waals surface area (Å²) in [4.78, 5) is 23.8. The third kappa shape index (κ3) is 1.33. The lowest BCUT2D eigenvalue weighted by Crippen LogP contribution is -2.32. The number of rotatable bonds is 2. The molecule has 5 nitrogen and oxygen atoms in total. The van der Waals surface area contributed by atoms with E-state index in [0.29, 0.717) is 5.69 Å². The molecule has 0 aromatic carbocycles. The molecule has 0 spiro atoms. The molecule has 1 aliphatic heterocycles. The fourth-order valence-corrected chi connectivity index (χ4v) is 1.82. The van der Waals surface area contributed by atoms with Crippen LogP contribution in [-0.4, -0.2) is 26.3 Å². The Balaban J connectivity index is 2.24. The largest absolute Gasteiger partial charge is 0.269 e. The van der Waals surface area contributed by atoms with Crippen LogP contribution in [0.1, 0.15) is 18.7 Å². The maximum Gasteiger partial charge on any atom is 0.254 e. The van der Waals surface area contributed by atoms with Crippen LogP contribution in [0.3, 0.4) is 0 Å². The first-order valence-electron chi connectivity index (χ1n) is 4.02. The number of amides is 2. The smallest absolute Gasteiger partial charge is 0.254 e. The van der Waals surface area contributed by atoms with Crippen molar-refractivity contribution in [1.29, 1.82) is 0 Å². The van der Waals surface area contributed by atoms with Crippen LogP contribution in [0.15, 0.2) is 17.5 Å². The van der Waals surface area contributed by atoms with Gasteiger partial charge in [0.05, 0.1) is 11.7 Å². The molecule has 0 bridgehead atoms. The van der Waals surface area contributed by atoms with Gasteiger partial charge in [-0.25, -0.2) is 0 Å². The van der Waals surface area contributed by atoms with Crippen LogP contribution in [-0.2, 0) is 9.59 Å². The Labute approximate surface area is 84.2 Å². The Kier molecular flexibility index (Phi) is 2.12. The normalized spacial score (nSPS) is 17.9. The van der Waals surface area contributed by atoms with Crippen LogP contribution in [0.4, 0.5) is 0 Å². The van der Waals surface area contributed by atoms with Gasteiger partial charge in [0.15, 0.2) is 0 Å². The van der Waals surface area contributed by atoms with Gasteiger partial charge in [0.1, 0.15) is 0 Å². The Morgan fingerprint density at radius 3 is 2.50 bits per heavy atom.